The smallest absolute Gasteiger partial charge is 0.0258 e. The van der Waals surface area contributed by atoms with Gasteiger partial charge in [-0.1, -0.05) is 102 Å². The van der Waals surface area contributed by atoms with Crippen molar-refractivity contribution in [2.75, 3.05) is 0 Å². The lowest BCUT2D eigenvalue weighted by atomic mass is 9.95. The molecule has 0 unspecified atom stereocenters. The summed E-state index contributed by atoms with van der Waals surface area (Å²) in [6.07, 6.45) is 16.4. The standard InChI is InChI=1S/C20H42S2/c1-7-13-15-17-19(9-3,10-4)21-22-20(11-5,12-6)18-16-14-8-2/h7-18H2,1-6H3. The van der Waals surface area contributed by atoms with Crippen LogP contribution in [0.2, 0.25) is 0 Å². The molecule has 0 aliphatic rings. The summed E-state index contributed by atoms with van der Waals surface area (Å²) in [4.78, 5) is 0. The molecule has 0 aromatic rings. The molecule has 2 heteroatoms. The van der Waals surface area contributed by atoms with Crippen molar-refractivity contribution in [1.82, 2.24) is 0 Å². The molecule has 0 heterocycles. The quantitative estimate of drug-likeness (QED) is 0.215. The Morgan fingerprint density at radius 3 is 1.05 bits per heavy atom. The molecule has 0 radical (unpaired) electrons. The van der Waals surface area contributed by atoms with Crippen LogP contribution in [-0.4, -0.2) is 9.49 Å². The normalized spacial score (nSPS) is 12.8. The van der Waals surface area contributed by atoms with Crippen molar-refractivity contribution in [1.29, 1.82) is 0 Å². The highest BCUT2D eigenvalue weighted by molar-refractivity contribution is 8.77. The number of rotatable bonds is 15. The molecule has 0 bridgehead atoms. The maximum absolute atomic E-state index is 2.40. The van der Waals surface area contributed by atoms with Crippen molar-refractivity contribution < 1.29 is 0 Å². The molecule has 0 saturated carbocycles. The predicted octanol–water partition coefficient (Wildman–Crippen LogP) is 8.65. The molecule has 0 amide bonds. The first-order valence-electron chi connectivity index (χ1n) is 9.94. The Morgan fingerprint density at radius 1 is 0.500 bits per heavy atom. The van der Waals surface area contributed by atoms with E-state index in [2.05, 4.69) is 63.1 Å². The first-order chi connectivity index (χ1) is 10.6. The minimum atomic E-state index is 0.514. The molecule has 0 N–H and O–H groups in total. The molecule has 0 aliphatic carbocycles. The van der Waals surface area contributed by atoms with Crippen molar-refractivity contribution in [3.63, 3.8) is 0 Å². The molecule has 0 nitrogen and oxygen atoms in total. The molecular weight excluding hydrogens is 304 g/mol. The average molecular weight is 347 g/mol. The van der Waals surface area contributed by atoms with E-state index in [1.54, 1.807) is 0 Å². The molecule has 0 aromatic heterocycles. The van der Waals surface area contributed by atoms with E-state index in [4.69, 9.17) is 0 Å². The van der Waals surface area contributed by atoms with Gasteiger partial charge in [0.05, 0.1) is 0 Å². The highest BCUT2D eigenvalue weighted by Crippen LogP contribution is 2.53. The van der Waals surface area contributed by atoms with E-state index in [0.717, 1.165) is 0 Å². The minimum Gasteiger partial charge on any atom is -0.0868 e. The number of hydrogen-bond donors (Lipinski definition) is 0. The summed E-state index contributed by atoms with van der Waals surface area (Å²) in [6.45, 7) is 14.2. The number of unbranched alkanes of at least 4 members (excludes halogenated alkanes) is 4. The van der Waals surface area contributed by atoms with E-state index in [1.165, 1.54) is 77.0 Å². The van der Waals surface area contributed by atoms with Gasteiger partial charge in [0.1, 0.15) is 0 Å². The van der Waals surface area contributed by atoms with Gasteiger partial charge in [0.15, 0.2) is 0 Å². The van der Waals surface area contributed by atoms with Gasteiger partial charge in [-0.05, 0) is 38.5 Å². The summed E-state index contributed by atoms with van der Waals surface area (Å²) in [7, 11) is 4.50. The summed E-state index contributed by atoms with van der Waals surface area (Å²) in [5.74, 6) is 0. The second-order valence-electron chi connectivity index (χ2n) is 6.86. The molecule has 22 heavy (non-hydrogen) atoms. The molecule has 0 spiro atoms. The van der Waals surface area contributed by atoms with Crippen LogP contribution in [0.1, 0.15) is 119 Å². The SMILES string of the molecule is CCCCCC(CC)(CC)SSC(CC)(CC)CCCCC. The Labute approximate surface area is 149 Å². The summed E-state index contributed by atoms with van der Waals surface area (Å²) in [5.41, 5.74) is 0. The lowest BCUT2D eigenvalue weighted by Crippen LogP contribution is -2.26. The van der Waals surface area contributed by atoms with Gasteiger partial charge in [-0.15, -0.1) is 0 Å². The second-order valence-corrected chi connectivity index (χ2v) is 9.93. The first kappa shape index (κ1) is 22.7. The topological polar surface area (TPSA) is 0 Å². The fourth-order valence-corrected chi connectivity index (χ4v) is 7.35. The van der Waals surface area contributed by atoms with Crippen LogP contribution in [0, 0.1) is 0 Å². The molecule has 0 aliphatic heterocycles. The lowest BCUT2D eigenvalue weighted by molar-refractivity contribution is 0.475. The zero-order valence-corrected chi connectivity index (χ0v) is 17.9. The van der Waals surface area contributed by atoms with Gasteiger partial charge >= 0.3 is 0 Å². The fourth-order valence-electron chi connectivity index (χ4n) is 3.10. The van der Waals surface area contributed by atoms with Gasteiger partial charge in [-0.2, -0.15) is 0 Å². The van der Waals surface area contributed by atoms with Crippen LogP contribution in [0.5, 0.6) is 0 Å². The maximum Gasteiger partial charge on any atom is 0.0258 e. The Bertz CT molecular complexity index is 216. The maximum atomic E-state index is 2.40. The minimum absolute atomic E-state index is 0.514. The van der Waals surface area contributed by atoms with E-state index < -0.39 is 0 Å². The monoisotopic (exact) mass is 346 g/mol. The van der Waals surface area contributed by atoms with E-state index in [9.17, 15) is 0 Å². The molecule has 0 aromatic carbocycles. The molecule has 0 saturated heterocycles. The highest BCUT2D eigenvalue weighted by Gasteiger charge is 2.33. The van der Waals surface area contributed by atoms with E-state index in [-0.39, 0.29) is 0 Å². The Morgan fingerprint density at radius 2 is 0.818 bits per heavy atom. The predicted molar refractivity (Wildman–Crippen MR) is 110 cm³/mol. The Hall–Kier alpha value is 0.700. The van der Waals surface area contributed by atoms with Gasteiger partial charge in [0, 0.05) is 9.49 Å². The third-order valence-electron chi connectivity index (χ3n) is 5.44. The second kappa shape index (κ2) is 13.0. The highest BCUT2D eigenvalue weighted by atomic mass is 33.1. The Kier molecular flexibility index (Phi) is 13.5. The van der Waals surface area contributed by atoms with Gasteiger partial charge in [0.25, 0.3) is 0 Å². The van der Waals surface area contributed by atoms with E-state index >= 15 is 0 Å². The van der Waals surface area contributed by atoms with Crippen LogP contribution < -0.4 is 0 Å². The van der Waals surface area contributed by atoms with E-state index in [0.29, 0.717) is 9.49 Å². The molecular formula is C20H42S2. The van der Waals surface area contributed by atoms with E-state index in [1.807, 2.05) is 0 Å². The zero-order chi connectivity index (χ0) is 16.9. The summed E-state index contributed by atoms with van der Waals surface area (Å²) in [5, 5.41) is 0. The molecule has 0 fully saturated rings. The third kappa shape index (κ3) is 7.99. The zero-order valence-electron chi connectivity index (χ0n) is 16.3. The van der Waals surface area contributed by atoms with Crippen molar-refractivity contribution in [2.45, 2.75) is 128 Å². The first-order valence-corrected chi connectivity index (χ1v) is 12.1. The summed E-state index contributed by atoms with van der Waals surface area (Å²) < 4.78 is 1.03. The number of hydrogen-bond acceptors (Lipinski definition) is 2. The van der Waals surface area contributed by atoms with Crippen molar-refractivity contribution >= 4 is 21.6 Å². The summed E-state index contributed by atoms with van der Waals surface area (Å²) in [6, 6.07) is 0. The average Bonchev–Trinajstić information content (AvgIpc) is 2.57. The van der Waals surface area contributed by atoms with Gasteiger partial charge in [0.2, 0.25) is 0 Å². The van der Waals surface area contributed by atoms with Crippen LogP contribution in [0.25, 0.3) is 0 Å². The lowest BCUT2D eigenvalue weighted by Gasteiger charge is -2.37. The van der Waals surface area contributed by atoms with Crippen LogP contribution in [-0.2, 0) is 0 Å². The largest absolute Gasteiger partial charge is 0.0868 e. The van der Waals surface area contributed by atoms with Gasteiger partial charge < -0.3 is 0 Å². The van der Waals surface area contributed by atoms with Crippen LogP contribution in [0.15, 0.2) is 0 Å². The fraction of sp³-hybridized carbons (Fsp3) is 1.00. The molecule has 0 atom stereocenters. The van der Waals surface area contributed by atoms with Gasteiger partial charge in [-0.25, -0.2) is 0 Å². The Balaban J connectivity index is 4.66. The van der Waals surface area contributed by atoms with Crippen LogP contribution in [0.4, 0.5) is 0 Å². The van der Waals surface area contributed by atoms with Crippen molar-refractivity contribution in [3.8, 4) is 0 Å². The summed E-state index contributed by atoms with van der Waals surface area (Å²) >= 11 is 0. The van der Waals surface area contributed by atoms with Crippen molar-refractivity contribution in [3.05, 3.63) is 0 Å². The molecule has 0 rings (SSSR count). The third-order valence-corrected chi connectivity index (χ3v) is 10.2. The van der Waals surface area contributed by atoms with Gasteiger partial charge in [-0.3, -0.25) is 0 Å². The van der Waals surface area contributed by atoms with Crippen LogP contribution >= 0.6 is 21.6 Å². The molecule has 134 valence electrons. The van der Waals surface area contributed by atoms with Crippen LogP contribution in [0.3, 0.4) is 0 Å². The van der Waals surface area contributed by atoms with Crippen molar-refractivity contribution in [2.24, 2.45) is 0 Å².